The van der Waals surface area contributed by atoms with E-state index in [4.69, 9.17) is 16.3 Å². The number of urea groups is 1. The van der Waals surface area contributed by atoms with E-state index in [9.17, 15) is 4.79 Å². The second-order valence-corrected chi connectivity index (χ2v) is 6.49. The molecule has 0 bridgehead atoms. The Morgan fingerprint density at radius 3 is 2.33 bits per heavy atom. The van der Waals surface area contributed by atoms with Gasteiger partial charge in [-0.15, -0.1) is 0 Å². The highest BCUT2D eigenvalue weighted by Crippen LogP contribution is 2.18. The van der Waals surface area contributed by atoms with Gasteiger partial charge in [-0.3, -0.25) is 0 Å². The largest absolute Gasteiger partial charge is 0.494 e. The Kier molecular flexibility index (Phi) is 6.72. The van der Waals surface area contributed by atoms with Crippen LogP contribution >= 0.6 is 11.6 Å². The molecule has 0 aliphatic carbocycles. The third-order valence-corrected chi connectivity index (χ3v) is 4.15. The number of benzene rings is 3. The van der Waals surface area contributed by atoms with Crippen molar-refractivity contribution >= 4 is 29.0 Å². The first-order valence-corrected chi connectivity index (χ1v) is 9.17. The Morgan fingerprint density at radius 1 is 0.852 bits per heavy atom. The van der Waals surface area contributed by atoms with E-state index in [2.05, 4.69) is 22.8 Å². The first-order valence-electron chi connectivity index (χ1n) is 8.79. The lowest BCUT2D eigenvalue weighted by atomic mass is 10.1. The Bertz CT molecular complexity index is 867. The fraction of sp³-hybridized carbons (Fsp3) is 0.136. The maximum Gasteiger partial charge on any atom is 0.323 e. The number of hydrogen-bond acceptors (Lipinski definition) is 2. The Morgan fingerprint density at radius 2 is 1.59 bits per heavy atom. The predicted molar refractivity (Wildman–Crippen MR) is 111 cm³/mol. The maximum absolute atomic E-state index is 12.0. The average molecular weight is 381 g/mol. The number of anilines is 2. The zero-order valence-electron chi connectivity index (χ0n) is 14.8. The third kappa shape index (κ3) is 6.35. The third-order valence-electron chi connectivity index (χ3n) is 3.92. The van der Waals surface area contributed by atoms with Gasteiger partial charge in [0.05, 0.1) is 6.61 Å². The second kappa shape index (κ2) is 9.64. The molecule has 138 valence electrons. The molecule has 0 saturated carbocycles. The molecule has 0 aromatic heterocycles. The number of aryl methyl sites for hydroxylation is 1. The number of halogens is 1. The summed E-state index contributed by atoms with van der Waals surface area (Å²) >= 11 is 5.91. The lowest BCUT2D eigenvalue weighted by Crippen LogP contribution is -2.19. The summed E-state index contributed by atoms with van der Waals surface area (Å²) in [6.07, 6.45) is 1.94. The van der Waals surface area contributed by atoms with Crippen molar-refractivity contribution < 1.29 is 9.53 Å². The zero-order valence-corrected chi connectivity index (χ0v) is 15.6. The van der Waals surface area contributed by atoms with Crippen molar-refractivity contribution in [3.63, 3.8) is 0 Å². The SMILES string of the molecule is O=C(Nc1ccc(OCCCc2ccccc2)cc1)Nc1cccc(Cl)c1. The number of carbonyl (C=O) groups excluding carboxylic acids is 1. The van der Waals surface area contributed by atoms with Gasteiger partial charge in [-0.25, -0.2) is 4.79 Å². The molecule has 0 aliphatic heterocycles. The lowest BCUT2D eigenvalue weighted by molar-refractivity contribution is 0.262. The van der Waals surface area contributed by atoms with Crippen LogP contribution in [-0.2, 0) is 6.42 Å². The van der Waals surface area contributed by atoms with Gasteiger partial charge in [0.25, 0.3) is 0 Å². The first-order chi connectivity index (χ1) is 13.2. The molecule has 0 fully saturated rings. The number of ether oxygens (including phenoxy) is 1. The van der Waals surface area contributed by atoms with Crippen LogP contribution in [0.2, 0.25) is 5.02 Å². The number of rotatable bonds is 7. The van der Waals surface area contributed by atoms with Gasteiger partial charge in [-0.1, -0.05) is 48.0 Å². The Labute approximate surface area is 164 Å². The van der Waals surface area contributed by atoms with E-state index in [1.165, 1.54) is 5.56 Å². The van der Waals surface area contributed by atoms with Crippen LogP contribution < -0.4 is 15.4 Å². The van der Waals surface area contributed by atoms with Crippen molar-refractivity contribution in [1.29, 1.82) is 0 Å². The Hall–Kier alpha value is -2.98. The normalized spacial score (nSPS) is 10.3. The molecule has 4 nitrogen and oxygen atoms in total. The van der Waals surface area contributed by atoms with Crippen LogP contribution in [-0.4, -0.2) is 12.6 Å². The highest BCUT2D eigenvalue weighted by molar-refractivity contribution is 6.30. The minimum atomic E-state index is -0.325. The van der Waals surface area contributed by atoms with E-state index in [0.29, 0.717) is 23.0 Å². The van der Waals surface area contributed by atoms with Gasteiger partial charge in [0.1, 0.15) is 5.75 Å². The van der Waals surface area contributed by atoms with Gasteiger partial charge >= 0.3 is 6.03 Å². The van der Waals surface area contributed by atoms with Crippen LogP contribution in [0.25, 0.3) is 0 Å². The minimum absolute atomic E-state index is 0.325. The van der Waals surface area contributed by atoms with E-state index in [1.54, 1.807) is 24.3 Å². The molecular weight excluding hydrogens is 360 g/mol. The van der Waals surface area contributed by atoms with E-state index < -0.39 is 0 Å². The molecule has 0 aliphatic rings. The smallest absolute Gasteiger partial charge is 0.323 e. The molecule has 27 heavy (non-hydrogen) atoms. The molecule has 0 radical (unpaired) electrons. The standard InChI is InChI=1S/C22H21ClN2O2/c23-18-9-4-10-20(16-18)25-22(26)24-19-11-13-21(14-12-19)27-15-5-8-17-6-2-1-3-7-17/h1-4,6-7,9-14,16H,5,8,15H2,(H2,24,25,26). The van der Waals surface area contributed by atoms with Gasteiger partial charge in [0, 0.05) is 16.4 Å². The summed E-state index contributed by atoms with van der Waals surface area (Å²) in [6, 6.07) is 24.3. The number of amides is 2. The molecular formula is C22H21ClN2O2. The number of nitrogens with one attached hydrogen (secondary N) is 2. The van der Waals surface area contributed by atoms with Crippen molar-refractivity contribution in [2.75, 3.05) is 17.2 Å². The van der Waals surface area contributed by atoms with E-state index in [0.717, 1.165) is 18.6 Å². The molecule has 3 aromatic rings. The van der Waals surface area contributed by atoms with Crippen LogP contribution in [0.4, 0.5) is 16.2 Å². The first kappa shape index (κ1) is 18.8. The molecule has 0 spiro atoms. The summed E-state index contributed by atoms with van der Waals surface area (Å²) in [5, 5.41) is 6.09. The van der Waals surface area contributed by atoms with Crippen LogP contribution in [0.1, 0.15) is 12.0 Å². The summed E-state index contributed by atoms with van der Waals surface area (Å²) in [7, 11) is 0. The average Bonchev–Trinajstić information content (AvgIpc) is 2.67. The highest BCUT2D eigenvalue weighted by atomic mass is 35.5. The number of hydrogen-bond donors (Lipinski definition) is 2. The summed E-state index contributed by atoms with van der Waals surface area (Å²) in [5.41, 5.74) is 2.64. The highest BCUT2D eigenvalue weighted by Gasteiger charge is 2.03. The van der Waals surface area contributed by atoms with Crippen molar-refractivity contribution in [3.8, 4) is 5.75 Å². The van der Waals surface area contributed by atoms with Crippen LogP contribution in [0.5, 0.6) is 5.75 Å². The molecule has 2 amide bonds. The van der Waals surface area contributed by atoms with Crippen LogP contribution in [0.3, 0.4) is 0 Å². The molecule has 3 aromatic carbocycles. The monoisotopic (exact) mass is 380 g/mol. The molecule has 3 rings (SSSR count). The van der Waals surface area contributed by atoms with Gasteiger partial charge in [0.2, 0.25) is 0 Å². The van der Waals surface area contributed by atoms with Crippen LogP contribution in [0, 0.1) is 0 Å². The zero-order chi connectivity index (χ0) is 18.9. The maximum atomic E-state index is 12.0. The van der Waals surface area contributed by atoms with Crippen molar-refractivity contribution in [2.24, 2.45) is 0 Å². The van der Waals surface area contributed by atoms with Gasteiger partial charge in [-0.05, 0) is 60.9 Å². The van der Waals surface area contributed by atoms with Gasteiger partial charge in [-0.2, -0.15) is 0 Å². The summed E-state index contributed by atoms with van der Waals surface area (Å²) in [5.74, 6) is 0.781. The predicted octanol–water partition coefficient (Wildman–Crippen LogP) is 6.00. The summed E-state index contributed by atoms with van der Waals surface area (Å²) in [6.45, 7) is 0.650. The fourth-order valence-corrected chi connectivity index (χ4v) is 2.80. The van der Waals surface area contributed by atoms with Crippen molar-refractivity contribution in [3.05, 3.63) is 89.4 Å². The molecule has 0 unspecified atom stereocenters. The van der Waals surface area contributed by atoms with Crippen LogP contribution in [0.15, 0.2) is 78.9 Å². The molecule has 0 atom stereocenters. The van der Waals surface area contributed by atoms with Gasteiger partial charge in [0.15, 0.2) is 0 Å². The quantitative estimate of drug-likeness (QED) is 0.494. The summed E-state index contributed by atoms with van der Waals surface area (Å²) in [4.78, 5) is 12.0. The minimum Gasteiger partial charge on any atom is -0.494 e. The van der Waals surface area contributed by atoms with E-state index >= 15 is 0 Å². The topological polar surface area (TPSA) is 50.4 Å². The van der Waals surface area contributed by atoms with Gasteiger partial charge < -0.3 is 15.4 Å². The second-order valence-electron chi connectivity index (χ2n) is 6.05. The molecule has 0 saturated heterocycles. The lowest BCUT2D eigenvalue weighted by Gasteiger charge is -2.10. The fourth-order valence-electron chi connectivity index (χ4n) is 2.61. The van der Waals surface area contributed by atoms with Crippen molar-refractivity contribution in [2.45, 2.75) is 12.8 Å². The molecule has 5 heteroatoms. The van der Waals surface area contributed by atoms with E-state index in [-0.39, 0.29) is 6.03 Å². The molecule has 0 heterocycles. The Balaban J connectivity index is 1.42. The molecule has 2 N–H and O–H groups in total. The number of carbonyl (C=O) groups is 1. The van der Waals surface area contributed by atoms with Crippen molar-refractivity contribution in [1.82, 2.24) is 0 Å². The summed E-state index contributed by atoms with van der Waals surface area (Å²) < 4.78 is 5.75. The van der Waals surface area contributed by atoms with E-state index in [1.807, 2.05) is 42.5 Å².